The summed E-state index contributed by atoms with van der Waals surface area (Å²) >= 11 is 9.58. The summed E-state index contributed by atoms with van der Waals surface area (Å²) in [5, 5.41) is 4.33. The van der Waals surface area contributed by atoms with Crippen LogP contribution in [0, 0.1) is 0 Å². The summed E-state index contributed by atoms with van der Waals surface area (Å²) in [5.74, 6) is 1.07. The van der Waals surface area contributed by atoms with Crippen molar-refractivity contribution in [2.45, 2.75) is 18.3 Å². The molecule has 0 spiro atoms. The molecule has 0 radical (unpaired) electrons. The van der Waals surface area contributed by atoms with Gasteiger partial charge in [-0.25, -0.2) is 0 Å². The molecule has 1 aliphatic heterocycles. The molecule has 0 saturated carbocycles. The van der Waals surface area contributed by atoms with Crippen molar-refractivity contribution in [1.29, 1.82) is 0 Å². The van der Waals surface area contributed by atoms with Gasteiger partial charge in [0.15, 0.2) is 0 Å². The lowest BCUT2D eigenvalue weighted by Gasteiger charge is -2.33. The second-order valence-corrected chi connectivity index (χ2v) is 6.66. The first-order valence-corrected chi connectivity index (χ1v) is 8.13. The molecule has 3 heteroatoms. The molecule has 2 unspecified atom stereocenters. The second-order valence-electron chi connectivity index (χ2n) is 5.31. The molecule has 1 nitrogen and oxygen atoms in total. The maximum atomic E-state index is 6.01. The van der Waals surface area contributed by atoms with Gasteiger partial charge < -0.3 is 5.32 Å². The Labute approximate surface area is 133 Å². The van der Waals surface area contributed by atoms with Gasteiger partial charge in [0.05, 0.1) is 0 Å². The molecule has 104 valence electrons. The van der Waals surface area contributed by atoms with Gasteiger partial charge in [-0.2, -0.15) is 0 Å². The van der Waals surface area contributed by atoms with Gasteiger partial charge in [0.1, 0.15) is 0 Å². The molecule has 20 heavy (non-hydrogen) atoms. The third kappa shape index (κ3) is 3.08. The van der Waals surface area contributed by atoms with Crippen LogP contribution in [-0.2, 0) is 0 Å². The van der Waals surface area contributed by atoms with E-state index in [0.717, 1.165) is 22.6 Å². The normalized spacial score (nSPS) is 22.7. The van der Waals surface area contributed by atoms with Crippen LogP contribution < -0.4 is 5.32 Å². The average molecular weight is 351 g/mol. The molecule has 2 aromatic rings. The van der Waals surface area contributed by atoms with E-state index in [1.807, 2.05) is 12.1 Å². The summed E-state index contributed by atoms with van der Waals surface area (Å²) in [5.41, 5.74) is 2.78. The van der Waals surface area contributed by atoms with Crippen LogP contribution in [0.25, 0.3) is 0 Å². The van der Waals surface area contributed by atoms with E-state index in [1.165, 1.54) is 17.5 Å². The van der Waals surface area contributed by atoms with Gasteiger partial charge in [-0.3, -0.25) is 0 Å². The monoisotopic (exact) mass is 349 g/mol. The highest BCUT2D eigenvalue weighted by Gasteiger charge is 2.27. The van der Waals surface area contributed by atoms with Crippen LogP contribution in [0.1, 0.15) is 29.4 Å². The Kier molecular flexibility index (Phi) is 4.45. The Bertz CT molecular complexity index is 582. The standard InChI is InChI=1S/C17H17BrClN/c18-14-3-1-2-13(10-14)17-11-20-9-8-16(17)12-4-6-15(19)7-5-12/h1-7,10,16-17,20H,8-9,11H2. The average Bonchev–Trinajstić information content (AvgIpc) is 2.48. The van der Waals surface area contributed by atoms with E-state index in [1.54, 1.807) is 0 Å². The van der Waals surface area contributed by atoms with Crippen LogP contribution in [0.3, 0.4) is 0 Å². The summed E-state index contributed by atoms with van der Waals surface area (Å²) in [4.78, 5) is 0. The van der Waals surface area contributed by atoms with E-state index in [4.69, 9.17) is 11.6 Å². The predicted molar refractivity (Wildman–Crippen MR) is 88.6 cm³/mol. The Morgan fingerprint density at radius 2 is 1.80 bits per heavy atom. The summed E-state index contributed by atoms with van der Waals surface area (Å²) in [7, 11) is 0. The molecule has 2 aromatic carbocycles. The number of benzene rings is 2. The fourth-order valence-corrected chi connectivity index (χ4v) is 3.60. The van der Waals surface area contributed by atoms with E-state index in [-0.39, 0.29) is 0 Å². The smallest absolute Gasteiger partial charge is 0.0406 e. The van der Waals surface area contributed by atoms with Gasteiger partial charge >= 0.3 is 0 Å². The highest BCUT2D eigenvalue weighted by Crippen LogP contribution is 2.38. The van der Waals surface area contributed by atoms with E-state index in [0.29, 0.717) is 11.8 Å². The number of hydrogen-bond donors (Lipinski definition) is 1. The van der Waals surface area contributed by atoms with Crippen molar-refractivity contribution < 1.29 is 0 Å². The Hall–Kier alpha value is -0.830. The van der Waals surface area contributed by atoms with Crippen molar-refractivity contribution in [1.82, 2.24) is 5.32 Å². The Morgan fingerprint density at radius 1 is 1.00 bits per heavy atom. The topological polar surface area (TPSA) is 12.0 Å². The molecule has 1 aliphatic rings. The first kappa shape index (κ1) is 14.1. The van der Waals surface area contributed by atoms with Crippen LogP contribution in [-0.4, -0.2) is 13.1 Å². The second kappa shape index (κ2) is 6.30. The lowest BCUT2D eigenvalue weighted by atomic mass is 9.77. The minimum Gasteiger partial charge on any atom is -0.316 e. The highest BCUT2D eigenvalue weighted by atomic mass is 79.9. The maximum Gasteiger partial charge on any atom is 0.0406 e. The van der Waals surface area contributed by atoms with Crippen LogP contribution in [0.15, 0.2) is 53.0 Å². The van der Waals surface area contributed by atoms with Crippen LogP contribution in [0.2, 0.25) is 5.02 Å². The summed E-state index contributed by atoms with van der Waals surface area (Å²) in [6, 6.07) is 17.0. The molecular weight excluding hydrogens is 334 g/mol. The van der Waals surface area contributed by atoms with E-state index in [2.05, 4.69) is 57.6 Å². The van der Waals surface area contributed by atoms with Crippen molar-refractivity contribution in [3.8, 4) is 0 Å². The minimum absolute atomic E-state index is 0.516. The van der Waals surface area contributed by atoms with Crippen molar-refractivity contribution in [2.24, 2.45) is 0 Å². The van der Waals surface area contributed by atoms with Crippen molar-refractivity contribution in [3.63, 3.8) is 0 Å². The molecule has 1 N–H and O–H groups in total. The maximum absolute atomic E-state index is 6.01. The molecule has 1 saturated heterocycles. The number of rotatable bonds is 2. The molecule has 3 rings (SSSR count). The van der Waals surface area contributed by atoms with E-state index in [9.17, 15) is 0 Å². The van der Waals surface area contributed by atoms with Crippen LogP contribution in [0.4, 0.5) is 0 Å². The SMILES string of the molecule is Clc1ccc(C2CCNCC2c2cccc(Br)c2)cc1. The molecule has 1 fully saturated rings. The zero-order valence-electron chi connectivity index (χ0n) is 11.2. The molecule has 0 amide bonds. The number of piperidine rings is 1. The molecule has 0 bridgehead atoms. The number of nitrogens with one attached hydrogen (secondary N) is 1. The lowest BCUT2D eigenvalue weighted by Crippen LogP contribution is -2.34. The van der Waals surface area contributed by atoms with Gasteiger partial charge in [-0.1, -0.05) is 51.8 Å². The largest absolute Gasteiger partial charge is 0.316 e. The van der Waals surface area contributed by atoms with Crippen molar-refractivity contribution in [3.05, 3.63) is 69.2 Å². The lowest BCUT2D eigenvalue weighted by molar-refractivity contribution is 0.404. The first-order chi connectivity index (χ1) is 9.74. The molecule has 0 aliphatic carbocycles. The van der Waals surface area contributed by atoms with Crippen molar-refractivity contribution in [2.75, 3.05) is 13.1 Å². The quantitative estimate of drug-likeness (QED) is 0.807. The molecule has 0 aromatic heterocycles. The summed E-state index contributed by atoms with van der Waals surface area (Å²) in [6.07, 6.45) is 1.17. The number of halogens is 2. The zero-order valence-corrected chi connectivity index (χ0v) is 13.5. The predicted octanol–water partition coefficient (Wildman–Crippen LogP) is 4.96. The minimum atomic E-state index is 0.516. The van der Waals surface area contributed by atoms with Crippen LogP contribution in [0.5, 0.6) is 0 Å². The molecule has 2 atom stereocenters. The van der Waals surface area contributed by atoms with E-state index >= 15 is 0 Å². The zero-order chi connectivity index (χ0) is 13.9. The Balaban J connectivity index is 1.93. The summed E-state index contributed by atoms with van der Waals surface area (Å²) < 4.78 is 1.15. The molecule has 1 heterocycles. The van der Waals surface area contributed by atoms with Gasteiger partial charge in [0, 0.05) is 22.0 Å². The highest BCUT2D eigenvalue weighted by molar-refractivity contribution is 9.10. The van der Waals surface area contributed by atoms with Gasteiger partial charge in [-0.05, 0) is 54.3 Å². The Morgan fingerprint density at radius 3 is 2.55 bits per heavy atom. The van der Waals surface area contributed by atoms with Crippen molar-refractivity contribution >= 4 is 27.5 Å². The van der Waals surface area contributed by atoms with Gasteiger partial charge in [-0.15, -0.1) is 0 Å². The fourth-order valence-electron chi connectivity index (χ4n) is 3.05. The van der Waals surface area contributed by atoms with Crippen LogP contribution >= 0.6 is 27.5 Å². The third-order valence-corrected chi connectivity index (χ3v) is 4.80. The third-order valence-electron chi connectivity index (χ3n) is 4.06. The summed E-state index contributed by atoms with van der Waals surface area (Å²) in [6.45, 7) is 2.11. The number of hydrogen-bond acceptors (Lipinski definition) is 1. The van der Waals surface area contributed by atoms with E-state index < -0.39 is 0 Å². The first-order valence-electron chi connectivity index (χ1n) is 6.95. The van der Waals surface area contributed by atoms with Gasteiger partial charge in [0.25, 0.3) is 0 Å². The van der Waals surface area contributed by atoms with Gasteiger partial charge in [0.2, 0.25) is 0 Å². The molecular formula is C17H17BrClN. The fraction of sp³-hybridized carbons (Fsp3) is 0.294.